The number of hydrogen-bond acceptors (Lipinski definition) is 3. The third kappa shape index (κ3) is 1.59. The smallest absolute Gasteiger partial charge is 0.293 e. The molecule has 0 aliphatic rings. The topological polar surface area (TPSA) is 39.4 Å². The summed E-state index contributed by atoms with van der Waals surface area (Å²) >= 11 is 0. The van der Waals surface area contributed by atoms with Gasteiger partial charge in [0.1, 0.15) is 23.8 Å². The Hall–Kier alpha value is -1.84. The highest BCUT2D eigenvalue weighted by atomic mass is 19.1. The predicted molar refractivity (Wildman–Crippen MR) is 47.0 cm³/mol. The summed E-state index contributed by atoms with van der Waals surface area (Å²) in [5.41, 5.74) is 0.580. The lowest BCUT2D eigenvalue weighted by Crippen LogP contribution is -1.85. The Kier molecular flexibility index (Phi) is 2.18. The SMILES string of the molecule is O=COCc1cc2cc(F)ccc2o1. The Morgan fingerprint density at radius 1 is 1.43 bits per heavy atom. The molecule has 0 saturated heterocycles. The molecule has 0 fully saturated rings. The molecule has 0 aliphatic heterocycles. The van der Waals surface area contributed by atoms with Crippen LogP contribution in [0.4, 0.5) is 4.39 Å². The van der Waals surface area contributed by atoms with Gasteiger partial charge in [-0.1, -0.05) is 0 Å². The first-order valence-electron chi connectivity index (χ1n) is 4.03. The quantitative estimate of drug-likeness (QED) is 0.703. The van der Waals surface area contributed by atoms with Crippen LogP contribution < -0.4 is 0 Å². The van der Waals surface area contributed by atoms with Gasteiger partial charge in [-0.25, -0.2) is 4.39 Å². The summed E-state index contributed by atoms with van der Waals surface area (Å²) < 4.78 is 22.6. The van der Waals surface area contributed by atoms with Crippen molar-refractivity contribution >= 4 is 17.4 Å². The van der Waals surface area contributed by atoms with Crippen LogP contribution in [0.15, 0.2) is 28.7 Å². The van der Waals surface area contributed by atoms with Crippen molar-refractivity contribution in [1.82, 2.24) is 0 Å². The fraction of sp³-hybridized carbons (Fsp3) is 0.100. The molecule has 0 amide bonds. The van der Waals surface area contributed by atoms with Crippen LogP contribution in [0.25, 0.3) is 11.0 Å². The summed E-state index contributed by atoms with van der Waals surface area (Å²) in [5.74, 6) is 0.179. The predicted octanol–water partition coefficient (Wildman–Crippen LogP) is 2.24. The number of rotatable bonds is 3. The van der Waals surface area contributed by atoms with Crippen molar-refractivity contribution < 1.29 is 18.3 Å². The van der Waals surface area contributed by atoms with E-state index in [4.69, 9.17) is 4.42 Å². The second-order valence-electron chi connectivity index (χ2n) is 2.80. The number of carbonyl (C=O) groups is 1. The molecule has 0 unspecified atom stereocenters. The van der Waals surface area contributed by atoms with Crippen LogP contribution in [0.2, 0.25) is 0 Å². The zero-order valence-corrected chi connectivity index (χ0v) is 7.20. The number of carbonyl (C=O) groups excluding carboxylic acids is 1. The van der Waals surface area contributed by atoms with Gasteiger partial charge < -0.3 is 9.15 Å². The van der Waals surface area contributed by atoms with Gasteiger partial charge in [-0.05, 0) is 24.3 Å². The maximum atomic E-state index is 12.8. The number of hydrogen-bond donors (Lipinski definition) is 0. The van der Waals surface area contributed by atoms with Gasteiger partial charge in [-0.2, -0.15) is 0 Å². The first kappa shape index (κ1) is 8.74. The largest absolute Gasteiger partial charge is 0.460 e. The summed E-state index contributed by atoms with van der Waals surface area (Å²) in [6.07, 6.45) is 0. The number of benzene rings is 1. The van der Waals surface area contributed by atoms with Crippen molar-refractivity contribution in [2.24, 2.45) is 0 Å². The van der Waals surface area contributed by atoms with E-state index in [2.05, 4.69) is 4.74 Å². The second-order valence-corrected chi connectivity index (χ2v) is 2.80. The third-order valence-corrected chi connectivity index (χ3v) is 1.82. The zero-order chi connectivity index (χ0) is 9.97. The molecule has 0 bridgehead atoms. The summed E-state index contributed by atoms with van der Waals surface area (Å²) in [4.78, 5) is 9.92. The lowest BCUT2D eigenvalue weighted by atomic mass is 10.2. The van der Waals surface area contributed by atoms with Crippen LogP contribution >= 0.6 is 0 Å². The molecule has 1 heterocycles. The van der Waals surface area contributed by atoms with Crippen LogP contribution in [0.1, 0.15) is 5.76 Å². The minimum absolute atomic E-state index is 0.0692. The molecule has 0 saturated carbocycles. The molecule has 4 heteroatoms. The Morgan fingerprint density at radius 2 is 2.29 bits per heavy atom. The van der Waals surface area contributed by atoms with E-state index >= 15 is 0 Å². The number of fused-ring (bicyclic) bond motifs is 1. The second kappa shape index (κ2) is 3.49. The van der Waals surface area contributed by atoms with Crippen molar-refractivity contribution in [2.75, 3.05) is 0 Å². The average molecular weight is 194 g/mol. The molecule has 1 aromatic heterocycles. The Bertz CT molecular complexity index is 461. The molecule has 1 aromatic carbocycles. The Balaban J connectivity index is 2.36. The molecular formula is C10H7FO3. The van der Waals surface area contributed by atoms with Gasteiger partial charge in [0.25, 0.3) is 6.47 Å². The van der Waals surface area contributed by atoms with Crippen molar-refractivity contribution in [3.63, 3.8) is 0 Å². The highest BCUT2D eigenvalue weighted by molar-refractivity contribution is 5.77. The average Bonchev–Trinajstić information content (AvgIpc) is 2.56. The first-order valence-corrected chi connectivity index (χ1v) is 4.03. The monoisotopic (exact) mass is 194 g/mol. The molecule has 0 aliphatic carbocycles. The van der Waals surface area contributed by atoms with Gasteiger partial charge in [0.05, 0.1) is 0 Å². The molecule has 14 heavy (non-hydrogen) atoms. The molecule has 72 valence electrons. The van der Waals surface area contributed by atoms with E-state index in [1.54, 1.807) is 6.07 Å². The van der Waals surface area contributed by atoms with E-state index in [1.165, 1.54) is 18.2 Å². The summed E-state index contributed by atoms with van der Waals surface area (Å²) in [5, 5.41) is 0.662. The normalized spacial score (nSPS) is 10.4. The van der Waals surface area contributed by atoms with Crippen LogP contribution in [-0.2, 0) is 16.1 Å². The summed E-state index contributed by atoms with van der Waals surface area (Å²) in [6.45, 7) is 0.410. The molecule has 0 spiro atoms. The summed E-state index contributed by atoms with van der Waals surface area (Å²) in [6, 6.07) is 5.86. The number of furan rings is 1. The van der Waals surface area contributed by atoms with Gasteiger partial charge in [0.15, 0.2) is 0 Å². The van der Waals surface area contributed by atoms with Gasteiger partial charge in [0.2, 0.25) is 0 Å². The van der Waals surface area contributed by atoms with E-state index in [1.807, 2.05) is 0 Å². The molecule has 0 atom stereocenters. The van der Waals surface area contributed by atoms with E-state index in [-0.39, 0.29) is 12.4 Å². The number of halogens is 1. The zero-order valence-electron chi connectivity index (χ0n) is 7.20. The lowest BCUT2D eigenvalue weighted by molar-refractivity contribution is -0.130. The van der Waals surface area contributed by atoms with E-state index in [0.29, 0.717) is 23.2 Å². The van der Waals surface area contributed by atoms with Gasteiger partial charge in [-0.3, -0.25) is 4.79 Å². The lowest BCUT2D eigenvalue weighted by Gasteiger charge is -1.90. The van der Waals surface area contributed by atoms with Gasteiger partial charge in [-0.15, -0.1) is 0 Å². The first-order chi connectivity index (χ1) is 6.79. The standard InChI is InChI=1S/C10H7FO3/c11-8-1-2-10-7(3-8)4-9(14-10)5-13-6-12/h1-4,6H,5H2. The maximum absolute atomic E-state index is 12.8. The van der Waals surface area contributed by atoms with Crippen molar-refractivity contribution in [2.45, 2.75) is 6.61 Å². The van der Waals surface area contributed by atoms with Crippen molar-refractivity contribution in [3.8, 4) is 0 Å². The minimum Gasteiger partial charge on any atom is -0.460 e. The Labute approximate surface area is 79.1 Å². The molecule has 0 N–H and O–H groups in total. The van der Waals surface area contributed by atoms with Crippen LogP contribution in [0, 0.1) is 5.82 Å². The highest BCUT2D eigenvalue weighted by Crippen LogP contribution is 2.20. The Morgan fingerprint density at radius 3 is 3.07 bits per heavy atom. The van der Waals surface area contributed by atoms with E-state index in [9.17, 15) is 9.18 Å². The van der Waals surface area contributed by atoms with E-state index in [0.717, 1.165) is 0 Å². The highest BCUT2D eigenvalue weighted by Gasteiger charge is 2.04. The van der Waals surface area contributed by atoms with Crippen LogP contribution in [0.5, 0.6) is 0 Å². The van der Waals surface area contributed by atoms with Crippen molar-refractivity contribution in [1.29, 1.82) is 0 Å². The van der Waals surface area contributed by atoms with Crippen LogP contribution in [0.3, 0.4) is 0 Å². The molecule has 0 radical (unpaired) electrons. The molecular weight excluding hydrogens is 187 g/mol. The maximum Gasteiger partial charge on any atom is 0.293 e. The van der Waals surface area contributed by atoms with Gasteiger partial charge in [0, 0.05) is 5.39 Å². The van der Waals surface area contributed by atoms with Crippen molar-refractivity contribution in [3.05, 3.63) is 35.8 Å². The molecule has 3 nitrogen and oxygen atoms in total. The van der Waals surface area contributed by atoms with Gasteiger partial charge >= 0.3 is 0 Å². The fourth-order valence-electron chi connectivity index (χ4n) is 1.26. The van der Waals surface area contributed by atoms with Crippen LogP contribution in [-0.4, -0.2) is 6.47 Å². The number of ether oxygens (including phenoxy) is 1. The minimum atomic E-state index is -0.318. The fourth-order valence-corrected chi connectivity index (χ4v) is 1.26. The molecule has 2 rings (SSSR count). The third-order valence-electron chi connectivity index (χ3n) is 1.82. The molecule has 2 aromatic rings. The van der Waals surface area contributed by atoms with E-state index < -0.39 is 0 Å². The summed E-state index contributed by atoms with van der Waals surface area (Å²) in [7, 11) is 0.